The van der Waals surface area contributed by atoms with Gasteiger partial charge in [0.15, 0.2) is 17.3 Å². The van der Waals surface area contributed by atoms with Gasteiger partial charge in [0.2, 0.25) is 0 Å². The molecule has 1 unspecified atom stereocenters. The number of rotatable bonds is 2. The van der Waals surface area contributed by atoms with Gasteiger partial charge in [0.05, 0.1) is 11.1 Å². The Morgan fingerprint density at radius 2 is 1.95 bits per heavy atom. The zero-order chi connectivity index (χ0) is 15.1. The highest BCUT2D eigenvalue weighted by molar-refractivity contribution is 6.20. The van der Waals surface area contributed by atoms with Crippen LogP contribution >= 0.6 is 11.6 Å². The van der Waals surface area contributed by atoms with Crippen LogP contribution in [0.1, 0.15) is 23.7 Å². The van der Waals surface area contributed by atoms with Crippen LogP contribution in [0, 0.1) is 18.6 Å². The first kappa shape index (κ1) is 13.9. The maximum Gasteiger partial charge on any atom is 0.164 e. The summed E-state index contributed by atoms with van der Waals surface area (Å²) in [6.07, 6.45) is 1.65. The van der Waals surface area contributed by atoms with E-state index in [0.29, 0.717) is 22.7 Å². The first-order valence-electron chi connectivity index (χ1n) is 6.42. The van der Waals surface area contributed by atoms with E-state index in [0.717, 1.165) is 17.7 Å². The minimum Gasteiger partial charge on any atom is -0.279 e. The van der Waals surface area contributed by atoms with E-state index in [1.165, 1.54) is 6.07 Å². The fourth-order valence-corrected chi connectivity index (χ4v) is 2.40. The average Bonchev–Trinajstić information content (AvgIpc) is 2.83. The summed E-state index contributed by atoms with van der Waals surface area (Å²) in [5.74, 6) is -1.28. The Bertz CT molecular complexity index is 827. The summed E-state index contributed by atoms with van der Waals surface area (Å²) in [4.78, 5) is 8.79. The third-order valence-electron chi connectivity index (χ3n) is 3.29. The van der Waals surface area contributed by atoms with Crippen molar-refractivity contribution in [3.05, 3.63) is 53.5 Å². The molecule has 1 atom stereocenters. The number of halogens is 3. The van der Waals surface area contributed by atoms with Crippen molar-refractivity contribution in [2.24, 2.45) is 0 Å². The molecule has 0 N–H and O–H groups in total. The first-order valence-corrected chi connectivity index (χ1v) is 6.86. The average molecular weight is 308 g/mol. The normalized spacial score (nSPS) is 12.8. The van der Waals surface area contributed by atoms with Gasteiger partial charge < -0.3 is 0 Å². The number of nitrogens with zero attached hydrogens (tertiary/aromatic N) is 3. The second-order valence-corrected chi connectivity index (χ2v) is 5.47. The maximum absolute atomic E-state index is 13.5. The Kier molecular flexibility index (Phi) is 3.37. The Labute approximate surface area is 125 Å². The quantitative estimate of drug-likeness (QED) is 0.661. The lowest BCUT2D eigenvalue weighted by Gasteiger charge is -2.10. The van der Waals surface area contributed by atoms with Gasteiger partial charge in [-0.3, -0.25) is 4.57 Å². The molecule has 0 amide bonds. The van der Waals surface area contributed by atoms with Crippen LogP contribution in [0.25, 0.3) is 16.9 Å². The van der Waals surface area contributed by atoms with E-state index in [1.807, 2.05) is 13.0 Å². The van der Waals surface area contributed by atoms with Crippen molar-refractivity contribution in [2.45, 2.75) is 19.2 Å². The van der Waals surface area contributed by atoms with Crippen LogP contribution in [-0.2, 0) is 0 Å². The molecule has 0 aliphatic rings. The molecule has 2 heterocycles. The van der Waals surface area contributed by atoms with Crippen LogP contribution in [0.5, 0.6) is 0 Å². The van der Waals surface area contributed by atoms with Crippen molar-refractivity contribution >= 4 is 22.8 Å². The molecule has 0 bridgehead atoms. The Morgan fingerprint density at radius 3 is 2.62 bits per heavy atom. The second kappa shape index (κ2) is 5.07. The van der Waals surface area contributed by atoms with E-state index in [2.05, 4.69) is 9.97 Å². The number of hydrogen-bond donors (Lipinski definition) is 0. The van der Waals surface area contributed by atoms with E-state index >= 15 is 0 Å². The smallest absolute Gasteiger partial charge is 0.164 e. The largest absolute Gasteiger partial charge is 0.279 e. The van der Waals surface area contributed by atoms with Gasteiger partial charge in [-0.1, -0.05) is 0 Å². The van der Waals surface area contributed by atoms with Crippen LogP contribution in [0.15, 0.2) is 30.5 Å². The van der Waals surface area contributed by atoms with Gasteiger partial charge in [-0.2, -0.15) is 0 Å². The molecular weight excluding hydrogens is 296 g/mol. The van der Waals surface area contributed by atoms with Crippen LogP contribution in [0.4, 0.5) is 8.78 Å². The van der Waals surface area contributed by atoms with Crippen molar-refractivity contribution < 1.29 is 8.78 Å². The summed E-state index contributed by atoms with van der Waals surface area (Å²) in [6, 6.07) is 5.51. The highest BCUT2D eigenvalue weighted by Gasteiger charge is 2.19. The third-order valence-corrected chi connectivity index (χ3v) is 3.49. The predicted molar refractivity (Wildman–Crippen MR) is 77.8 cm³/mol. The molecule has 6 heteroatoms. The van der Waals surface area contributed by atoms with Crippen molar-refractivity contribution in [1.82, 2.24) is 14.5 Å². The number of pyridine rings is 1. The summed E-state index contributed by atoms with van der Waals surface area (Å²) in [6.45, 7) is 3.68. The fourth-order valence-electron chi connectivity index (χ4n) is 2.26. The molecule has 21 heavy (non-hydrogen) atoms. The number of alkyl halides is 1. The first-order chi connectivity index (χ1) is 9.99. The van der Waals surface area contributed by atoms with Crippen LogP contribution in [-0.4, -0.2) is 14.5 Å². The number of aryl methyl sites for hydroxylation is 1. The lowest BCUT2D eigenvalue weighted by Crippen LogP contribution is -2.03. The van der Waals surface area contributed by atoms with Gasteiger partial charge in [0.1, 0.15) is 11.3 Å². The molecule has 0 radical (unpaired) electrons. The molecule has 0 saturated carbocycles. The lowest BCUT2D eigenvalue weighted by molar-refractivity contribution is 0.508. The third kappa shape index (κ3) is 2.27. The van der Waals surface area contributed by atoms with E-state index < -0.39 is 17.0 Å². The van der Waals surface area contributed by atoms with Crippen molar-refractivity contribution in [3.63, 3.8) is 0 Å². The van der Waals surface area contributed by atoms with Crippen LogP contribution < -0.4 is 0 Å². The molecule has 0 aliphatic heterocycles. The highest BCUT2D eigenvalue weighted by Crippen LogP contribution is 2.28. The summed E-state index contributed by atoms with van der Waals surface area (Å²) in [5, 5.41) is -0.397. The van der Waals surface area contributed by atoms with Crippen molar-refractivity contribution in [2.75, 3.05) is 0 Å². The molecule has 0 spiro atoms. The molecule has 108 valence electrons. The van der Waals surface area contributed by atoms with Gasteiger partial charge in [-0.05, 0) is 37.6 Å². The molecule has 0 aliphatic carbocycles. The molecular formula is C15H12ClF2N3. The van der Waals surface area contributed by atoms with E-state index in [9.17, 15) is 8.78 Å². The Balaban J connectivity index is 2.36. The predicted octanol–water partition coefficient (Wildman–Crippen LogP) is 4.31. The molecule has 0 fully saturated rings. The summed E-state index contributed by atoms with van der Waals surface area (Å²) in [5.41, 5.74) is 2.66. The molecule has 3 aromatic rings. The Morgan fingerprint density at radius 1 is 1.19 bits per heavy atom. The van der Waals surface area contributed by atoms with E-state index in [-0.39, 0.29) is 0 Å². The summed E-state index contributed by atoms with van der Waals surface area (Å²) in [7, 11) is 0. The molecule has 3 rings (SSSR count). The van der Waals surface area contributed by atoms with Gasteiger partial charge in [-0.25, -0.2) is 18.7 Å². The van der Waals surface area contributed by atoms with Crippen LogP contribution in [0.2, 0.25) is 0 Å². The van der Waals surface area contributed by atoms with Gasteiger partial charge in [0, 0.05) is 12.3 Å². The van der Waals surface area contributed by atoms with Crippen molar-refractivity contribution in [3.8, 4) is 5.69 Å². The lowest BCUT2D eigenvalue weighted by atomic mass is 10.2. The maximum atomic E-state index is 13.5. The fraction of sp³-hybridized carbons (Fsp3) is 0.200. The van der Waals surface area contributed by atoms with Crippen molar-refractivity contribution in [1.29, 1.82) is 0 Å². The molecule has 1 aromatic carbocycles. The number of aromatic nitrogens is 3. The Hall–Kier alpha value is -2.01. The highest BCUT2D eigenvalue weighted by atomic mass is 35.5. The van der Waals surface area contributed by atoms with Gasteiger partial charge in [0.25, 0.3) is 0 Å². The van der Waals surface area contributed by atoms with Gasteiger partial charge >= 0.3 is 0 Å². The summed E-state index contributed by atoms with van der Waals surface area (Å²) >= 11 is 6.17. The minimum absolute atomic E-state index is 0.397. The number of hydrogen-bond acceptors (Lipinski definition) is 2. The molecule has 0 saturated heterocycles. The molecule has 2 aromatic heterocycles. The van der Waals surface area contributed by atoms with Gasteiger partial charge in [-0.15, -0.1) is 11.6 Å². The zero-order valence-corrected chi connectivity index (χ0v) is 12.2. The number of fused-ring (bicyclic) bond motifs is 1. The number of benzene rings is 1. The SMILES string of the molecule is Cc1ccnc2c1nc(C(C)Cl)n2-c1ccc(F)c(F)c1. The number of imidazole rings is 1. The van der Waals surface area contributed by atoms with E-state index in [1.54, 1.807) is 17.7 Å². The standard InChI is InChI=1S/C15H12ClF2N3/c1-8-5-6-19-15-13(8)20-14(9(2)16)21(15)10-3-4-11(17)12(18)7-10/h3-7,9H,1-2H3. The van der Waals surface area contributed by atoms with Crippen LogP contribution in [0.3, 0.4) is 0 Å². The zero-order valence-electron chi connectivity index (χ0n) is 11.4. The molecule has 3 nitrogen and oxygen atoms in total. The topological polar surface area (TPSA) is 30.7 Å². The van der Waals surface area contributed by atoms with E-state index in [4.69, 9.17) is 11.6 Å². The minimum atomic E-state index is -0.921. The second-order valence-electron chi connectivity index (χ2n) is 4.82. The monoisotopic (exact) mass is 307 g/mol. The summed E-state index contributed by atoms with van der Waals surface area (Å²) < 4.78 is 28.3.